The number of rotatable bonds is 2. The van der Waals surface area contributed by atoms with Gasteiger partial charge in [0.2, 0.25) is 0 Å². The fourth-order valence-electron chi connectivity index (χ4n) is 1.15. The van der Waals surface area contributed by atoms with Crippen molar-refractivity contribution >= 4 is 17.5 Å². The molecule has 0 saturated heterocycles. The van der Waals surface area contributed by atoms with E-state index in [0.717, 1.165) is 0 Å². The summed E-state index contributed by atoms with van der Waals surface area (Å²) in [6.07, 6.45) is 0. The molecule has 3 heteroatoms. The quantitative estimate of drug-likeness (QED) is 0.434. The van der Waals surface area contributed by atoms with Crippen LogP contribution in [0.3, 0.4) is 0 Å². The first-order valence-corrected chi connectivity index (χ1v) is 4.98. The maximum absolute atomic E-state index is 11.7. The third-order valence-electron chi connectivity index (χ3n) is 1.77. The van der Waals surface area contributed by atoms with Crippen molar-refractivity contribution in [2.75, 3.05) is 0 Å². The molecule has 0 saturated carbocycles. The van der Waals surface area contributed by atoms with E-state index in [-0.39, 0.29) is 5.57 Å². The minimum Gasteiger partial charge on any atom is -0.456 e. The van der Waals surface area contributed by atoms with E-state index in [4.69, 9.17) is 4.74 Å². The largest absolute Gasteiger partial charge is 0.456 e. The summed E-state index contributed by atoms with van der Waals surface area (Å²) >= 11 is 0. The molecule has 0 heterocycles. The summed E-state index contributed by atoms with van der Waals surface area (Å²) in [5, 5.41) is 0. The van der Waals surface area contributed by atoms with Crippen LogP contribution in [0.1, 0.15) is 26.3 Å². The average Bonchev–Trinajstić information content (AvgIpc) is 2.17. The van der Waals surface area contributed by atoms with Crippen molar-refractivity contribution in [3.05, 3.63) is 35.9 Å². The summed E-state index contributed by atoms with van der Waals surface area (Å²) in [7, 11) is 0. The molecule has 0 bridgehead atoms. The zero-order chi connectivity index (χ0) is 12.2. The van der Waals surface area contributed by atoms with Gasteiger partial charge in [-0.25, -0.2) is 9.59 Å². The van der Waals surface area contributed by atoms with Crippen molar-refractivity contribution in [1.82, 2.24) is 0 Å². The van der Waals surface area contributed by atoms with Gasteiger partial charge in [0.1, 0.15) is 11.5 Å². The van der Waals surface area contributed by atoms with E-state index in [1.165, 1.54) is 0 Å². The van der Waals surface area contributed by atoms with Gasteiger partial charge in [-0.3, -0.25) is 0 Å². The van der Waals surface area contributed by atoms with Crippen LogP contribution in [0.15, 0.2) is 30.3 Å². The van der Waals surface area contributed by atoms with Gasteiger partial charge in [-0.1, -0.05) is 30.3 Å². The summed E-state index contributed by atoms with van der Waals surface area (Å²) in [6.45, 7) is 5.24. The smallest absolute Gasteiger partial charge is 0.350 e. The lowest BCUT2D eigenvalue weighted by Gasteiger charge is -2.19. The number of hydrogen-bond acceptors (Lipinski definition) is 3. The maximum atomic E-state index is 11.7. The standard InChI is InChI=1S/C13H14O3/c1-13(2,3)16-12(15)11(9-14)10-7-5-4-6-8-10/h4-8H,1-3H3. The molecule has 0 atom stereocenters. The van der Waals surface area contributed by atoms with E-state index in [2.05, 4.69) is 0 Å². The van der Waals surface area contributed by atoms with Crippen molar-refractivity contribution in [2.45, 2.75) is 26.4 Å². The van der Waals surface area contributed by atoms with Crippen molar-refractivity contribution < 1.29 is 14.3 Å². The average molecular weight is 218 g/mol. The van der Waals surface area contributed by atoms with Crippen LogP contribution in [0.2, 0.25) is 0 Å². The van der Waals surface area contributed by atoms with Crippen LogP contribution in [-0.2, 0) is 14.3 Å². The lowest BCUT2D eigenvalue weighted by atomic mass is 10.1. The Bertz CT molecular complexity index is 420. The Morgan fingerprint density at radius 3 is 2.19 bits per heavy atom. The second-order valence-corrected chi connectivity index (χ2v) is 4.34. The Morgan fingerprint density at radius 1 is 1.19 bits per heavy atom. The number of carbonyl (C=O) groups excluding carboxylic acids is 2. The normalized spacial score (nSPS) is 10.4. The predicted molar refractivity (Wildman–Crippen MR) is 61.4 cm³/mol. The summed E-state index contributed by atoms with van der Waals surface area (Å²) in [4.78, 5) is 22.4. The van der Waals surface area contributed by atoms with E-state index in [0.29, 0.717) is 5.56 Å². The molecule has 0 aliphatic rings. The van der Waals surface area contributed by atoms with E-state index in [9.17, 15) is 9.59 Å². The summed E-state index contributed by atoms with van der Waals surface area (Å²) in [5.41, 5.74) is -0.171. The predicted octanol–water partition coefficient (Wildman–Crippen LogP) is 2.24. The van der Waals surface area contributed by atoms with Gasteiger partial charge in [-0.15, -0.1) is 0 Å². The molecular weight excluding hydrogens is 204 g/mol. The van der Waals surface area contributed by atoms with Gasteiger partial charge in [0.25, 0.3) is 0 Å². The highest BCUT2D eigenvalue weighted by atomic mass is 16.6. The van der Waals surface area contributed by atoms with E-state index < -0.39 is 11.6 Å². The van der Waals surface area contributed by atoms with Gasteiger partial charge in [-0.05, 0) is 20.8 Å². The van der Waals surface area contributed by atoms with Crippen molar-refractivity contribution in [3.8, 4) is 0 Å². The molecule has 0 fully saturated rings. The SMILES string of the molecule is CC(C)(C)OC(=O)C(=C=O)c1ccccc1. The molecule has 0 aromatic heterocycles. The lowest BCUT2D eigenvalue weighted by Crippen LogP contribution is -2.24. The number of hydrogen-bond donors (Lipinski definition) is 0. The molecule has 0 spiro atoms. The Morgan fingerprint density at radius 2 is 1.75 bits per heavy atom. The molecule has 0 radical (unpaired) electrons. The van der Waals surface area contributed by atoms with Crippen LogP contribution in [-0.4, -0.2) is 17.5 Å². The topological polar surface area (TPSA) is 43.4 Å². The number of ether oxygens (including phenoxy) is 1. The van der Waals surface area contributed by atoms with Gasteiger partial charge in [-0.2, -0.15) is 0 Å². The van der Waals surface area contributed by atoms with Gasteiger partial charge < -0.3 is 4.74 Å². The molecule has 1 rings (SSSR count). The highest BCUT2D eigenvalue weighted by Gasteiger charge is 2.21. The molecular formula is C13H14O3. The zero-order valence-electron chi connectivity index (χ0n) is 9.61. The fourth-order valence-corrected chi connectivity index (χ4v) is 1.15. The second kappa shape index (κ2) is 4.77. The van der Waals surface area contributed by atoms with E-state index >= 15 is 0 Å². The number of esters is 1. The first-order chi connectivity index (χ1) is 7.44. The van der Waals surface area contributed by atoms with Crippen molar-refractivity contribution in [2.24, 2.45) is 0 Å². The van der Waals surface area contributed by atoms with Crippen LogP contribution in [0.5, 0.6) is 0 Å². The monoisotopic (exact) mass is 218 g/mol. The minimum atomic E-state index is -0.645. The first-order valence-electron chi connectivity index (χ1n) is 4.98. The maximum Gasteiger partial charge on any atom is 0.350 e. The van der Waals surface area contributed by atoms with Gasteiger partial charge >= 0.3 is 5.97 Å². The highest BCUT2D eigenvalue weighted by molar-refractivity contribution is 6.25. The third-order valence-corrected chi connectivity index (χ3v) is 1.77. The molecule has 0 unspecified atom stereocenters. The molecule has 84 valence electrons. The molecule has 0 amide bonds. The number of benzene rings is 1. The Kier molecular flexibility index (Phi) is 3.64. The summed E-state index contributed by atoms with van der Waals surface area (Å²) in [6, 6.07) is 8.64. The fraction of sp³-hybridized carbons (Fsp3) is 0.308. The highest BCUT2D eigenvalue weighted by Crippen LogP contribution is 2.16. The van der Waals surface area contributed by atoms with Gasteiger partial charge in [0, 0.05) is 5.56 Å². The van der Waals surface area contributed by atoms with Crippen LogP contribution in [0, 0.1) is 0 Å². The van der Waals surface area contributed by atoms with Crippen molar-refractivity contribution in [3.63, 3.8) is 0 Å². The zero-order valence-corrected chi connectivity index (χ0v) is 9.61. The van der Waals surface area contributed by atoms with E-state index in [1.54, 1.807) is 57.0 Å². The molecule has 1 aromatic carbocycles. The van der Waals surface area contributed by atoms with Crippen LogP contribution < -0.4 is 0 Å². The molecule has 3 nitrogen and oxygen atoms in total. The number of carbonyl (C=O) groups is 1. The molecule has 0 aliphatic heterocycles. The first kappa shape index (κ1) is 12.2. The van der Waals surface area contributed by atoms with E-state index in [1.807, 2.05) is 0 Å². The molecule has 1 aromatic rings. The van der Waals surface area contributed by atoms with Crippen molar-refractivity contribution in [1.29, 1.82) is 0 Å². The van der Waals surface area contributed by atoms with Crippen LogP contribution >= 0.6 is 0 Å². The third kappa shape index (κ3) is 3.37. The lowest BCUT2D eigenvalue weighted by molar-refractivity contribution is -0.147. The summed E-state index contributed by atoms with van der Waals surface area (Å²) < 4.78 is 5.11. The Labute approximate surface area is 94.7 Å². The molecule has 0 aliphatic carbocycles. The Balaban J connectivity index is 2.94. The molecule has 16 heavy (non-hydrogen) atoms. The van der Waals surface area contributed by atoms with Crippen LogP contribution in [0.4, 0.5) is 0 Å². The van der Waals surface area contributed by atoms with Crippen LogP contribution in [0.25, 0.3) is 5.57 Å². The van der Waals surface area contributed by atoms with Gasteiger partial charge in [0.15, 0.2) is 5.57 Å². The Hall–Kier alpha value is -1.86. The minimum absolute atomic E-state index is 0.0736. The van der Waals surface area contributed by atoms with Gasteiger partial charge in [0.05, 0.1) is 0 Å². The molecule has 0 N–H and O–H groups in total. The second-order valence-electron chi connectivity index (χ2n) is 4.34. The summed E-state index contributed by atoms with van der Waals surface area (Å²) in [5.74, 6) is 0.988.